The van der Waals surface area contributed by atoms with E-state index in [0.717, 1.165) is 30.6 Å². The van der Waals surface area contributed by atoms with E-state index in [1.807, 2.05) is 38.4 Å². The van der Waals surface area contributed by atoms with Gasteiger partial charge in [0.15, 0.2) is 0 Å². The summed E-state index contributed by atoms with van der Waals surface area (Å²) in [6, 6.07) is 7.97. The van der Waals surface area contributed by atoms with E-state index < -0.39 is 6.10 Å². The van der Waals surface area contributed by atoms with Crippen molar-refractivity contribution in [1.29, 1.82) is 0 Å². The number of benzene rings is 1. The molecule has 2 rings (SSSR count). The molecule has 0 spiro atoms. The van der Waals surface area contributed by atoms with Gasteiger partial charge in [0, 0.05) is 6.54 Å². The average Bonchev–Trinajstić information content (AvgIpc) is 2.94. The van der Waals surface area contributed by atoms with Gasteiger partial charge in [0.25, 0.3) is 0 Å². The monoisotopic (exact) mass is 306 g/mol. The lowest BCUT2D eigenvalue weighted by molar-refractivity contribution is -0.127. The molecule has 5 heteroatoms. The molecule has 0 saturated heterocycles. The van der Waals surface area contributed by atoms with Crippen LogP contribution in [0.25, 0.3) is 0 Å². The number of methoxy groups -OCH3 is 1. The highest BCUT2D eigenvalue weighted by molar-refractivity contribution is 5.79. The molecular weight excluding hydrogens is 280 g/mol. The zero-order valence-electron chi connectivity index (χ0n) is 13.6. The first-order chi connectivity index (χ1) is 10.5. The molecule has 2 N–H and O–H groups in total. The molecule has 122 valence electrons. The first-order valence-electron chi connectivity index (χ1n) is 7.79. The molecule has 0 aromatic heterocycles. The van der Waals surface area contributed by atoms with E-state index in [4.69, 9.17) is 4.74 Å². The Morgan fingerprint density at radius 1 is 1.36 bits per heavy atom. The molecule has 1 aromatic rings. The van der Waals surface area contributed by atoms with Gasteiger partial charge in [0.1, 0.15) is 5.75 Å². The summed E-state index contributed by atoms with van der Waals surface area (Å²) in [6.07, 6.45) is 1.95. The number of carbonyl (C=O) groups is 1. The molecule has 3 atom stereocenters. The van der Waals surface area contributed by atoms with Crippen LogP contribution in [0.3, 0.4) is 0 Å². The van der Waals surface area contributed by atoms with Crippen molar-refractivity contribution < 1.29 is 14.6 Å². The van der Waals surface area contributed by atoms with Crippen molar-refractivity contribution in [3.8, 4) is 5.75 Å². The highest BCUT2D eigenvalue weighted by Crippen LogP contribution is 2.26. The van der Waals surface area contributed by atoms with Crippen LogP contribution >= 0.6 is 0 Å². The number of rotatable bonds is 6. The zero-order chi connectivity index (χ0) is 16.1. The van der Waals surface area contributed by atoms with Crippen LogP contribution in [0.2, 0.25) is 0 Å². The van der Waals surface area contributed by atoms with Crippen molar-refractivity contribution >= 4 is 5.91 Å². The van der Waals surface area contributed by atoms with E-state index in [1.54, 1.807) is 7.11 Å². The van der Waals surface area contributed by atoms with E-state index in [9.17, 15) is 9.90 Å². The smallest absolute Gasteiger partial charge is 0.225 e. The Labute approximate surface area is 132 Å². The largest absolute Gasteiger partial charge is 0.497 e. The predicted octanol–water partition coefficient (Wildman–Crippen LogP) is 1.58. The second kappa shape index (κ2) is 7.61. The summed E-state index contributed by atoms with van der Waals surface area (Å²) in [5.41, 5.74) is 1.12. The molecule has 1 aliphatic rings. The first kappa shape index (κ1) is 16.8. The molecular formula is C17H26N2O3. The van der Waals surface area contributed by atoms with E-state index in [0.29, 0.717) is 6.54 Å². The number of aliphatic hydroxyl groups excluding tert-OH is 1. The Hall–Kier alpha value is -1.59. The van der Waals surface area contributed by atoms with Crippen molar-refractivity contribution in [2.75, 3.05) is 27.7 Å². The van der Waals surface area contributed by atoms with Gasteiger partial charge < -0.3 is 20.1 Å². The van der Waals surface area contributed by atoms with Crippen LogP contribution in [0, 0.1) is 5.92 Å². The van der Waals surface area contributed by atoms with Crippen molar-refractivity contribution in [3.05, 3.63) is 29.8 Å². The SMILES string of the molecule is COc1ccc(C(CNC(=O)C2CCCC2O)N(C)C)cc1. The number of hydrogen-bond donors (Lipinski definition) is 2. The summed E-state index contributed by atoms with van der Waals surface area (Å²) in [7, 11) is 5.63. The van der Waals surface area contributed by atoms with Crippen molar-refractivity contribution in [2.24, 2.45) is 5.92 Å². The Bertz CT molecular complexity index is 487. The normalized spacial score (nSPS) is 22.6. The molecule has 5 nitrogen and oxygen atoms in total. The first-order valence-corrected chi connectivity index (χ1v) is 7.79. The Kier molecular flexibility index (Phi) is 5.80. The maximum absolute atomic E-state index is 12.2. The third kappa shape index (κ3) is 3.99. The van der Waals surface area contributed by atoms with E-state index in [-0.39, 0.29) is 17.9 Å². The second-order valence-corrected chi connectivity index (χ2v) is 6.10. The number of nitrogens with one attached hydrogen (secondary N) is 1. The lowest BCUT2D eigenvalue weighted by Gasteiger charge is -2.26. The van der Waals surface area contributed by atoms with Crippen LogP contribution in [-0.2, 0) is 4.79 Å². The molecule has 0 bridgehead atoms. The van der Waals surface area contributed by atoms with Crippen molar-refractivity contribution in [3.63, 3.8) is 0 Å². The quantitative estimate of drug-likeness (QED) is 0.837. The molecule has 1 aliphatic carbocycles. The number of nitrogens with zero attached hydrogens (tertiary/aromatic N) is 1. The van der Waals surface area contributed by atoms with Crippen LogP contribution in [0.1, 0.15) is 30.9 Å². The summed E-state index contributed by atoms with van der Waals surface area (Å²) in [5, 5.41) is 12.8. The van der Waals surface area contributed by atoms with Gasteiger partial charge in [0.2, 0.25) is 5.91 Å². The van der Waals surface area contributed by atoms with Gasteiger partial charge in [-0.05, 0) is 51.1 Å². The maximum atomic E-state index is 12.2. The van der Waals surface area contributed by atoms with Crippen LogP contribution in [0.4, 0.5) is 0 Å². The second-order valence-electron chi connectivity index (χ2n) is 6.10. The van der Waals surface area contributed by atoms with Crippen LogP contribution < -0.4 is 10.1 Å². The van der Waals surface area contributed by atoms with Crippen molar-refractivity contribution in [1.82, 2.24) is 10.2 Å². The molecule has 1 aromatic carbocycles. The van der Waals surface area contributed by atoms with E-state index in [2.05, 4.69) is 10.2 Å². The van der Waals surface area contributed by atoms with Gasteiger partial charge in [0.05, 0.1) is 25.2 Å². The number of amides is 1. The highest BCUT2D eigenvalue weighted by atomic mass is 16.5. The molecule has 22 heavy (non-hydrogen) atoms. The minimum absolute atomic E-state index is 0.0367. The predicted molar refractivity (Wildman–Crippen MR) is 85.8 cm³/mol. The molecule has 0 heterocycles. The number of aliphatic hydroxyl groups is 1. The van der Waals surface area contributed by atoms with Gasteiger partial charge in [-0.3, -0.25) is 4.79 Å². The minimum atomic E-state index is -0.487. The molecule has 1 saturated carbocycles. The topological polar surface area (TPSA) is 61.8 Å². The summed E-state index contributed by atoms with van der Waals surface area (Å²) in [4.78, 5) is 14.3. The number of carbonyl (C=O) groups excluding carboxylic acids is 1. The highest BCUT2D eigenvalue weighted by Gasteiger charge is 2.31. The van der Waals surface area contributed by atoms with Crippen LogP contribution in [0.5, 0.6) is 5.75 Å². The van der Waals surface area contributed by atoms with Gasteiger partial charge >= 0.3 is 0 Å². The fourth-order valence-corrected chi connectivity index (χ4v) is 3.00. The van der Waals surface area contributed by atoms with E-state index >= 15 is 0 Å². The Balaban J connectivity index is 1.98. The molecule has 0 aliphatic heterocycles. The van der Waals surface area contributed by atoms with Gasteiger partial charge in [-0.1, -0.05) is 12.1 Å². The lowest BCUT2D eigenvalue weighted by atomic mass is 10.0. The van der Waals surface area contributed by atoms with Gasteiger partial charge in [-0.25, -0.2) is 0 Å². The van der Waals surface area contributed by atoms with Gasteiger partial charge in [-0.2, -0.15) is 0 Å². The summed E-state index contributed by atoms with van der Waals surface area (Å²) >= 11 is 0. The lowest BCUT2D eigenvalue weighted by Crippen LogP contribution is -2.39. The maximum Gasteiger partial charge on any atom is 0.225 e. The van der Waals surface area contributed by atoms with Crippen molar-refractivity contribution in [2.45, 2.75) is 31.4 Å². The molecule has 0 radical (unpaired) electrons. The Morgan fingerprint density at radius 2 is 2.05 bits per heavy atom. The van der Waals surface area contributed by atoms with Crippen LogP contribution in [-0.4, -0.2) is 49.8 Å². The summed E-state index contributed by atoms with van der Waals surface area (Å²) < 4.78 is 5.18. The van der Waals surface area contributed by atoms with Gasteiger partial charge in [-0.15, -0.1) is 0 Å². The number of hydrogen-bond acceptors (Lipinski definition) is 4. The zero-order valence-corrected chi connectivity index (χ0v) is 13.6. The minimum Gasteiger partial charge on any atom is -0.497 e. The fraction of sp³-hybridized carbons (Fsp3) is 0.588. The third-order valence-electron chi connectivity index (χ3n) is 4.41. The summed E-state index contributed by atoms with van der Waals surface area (Å²) in [6.45, 7) is 0.529. The number of likely N-dealkylation sites (N-methyl/N-ethyl adjacent to an activating group) is 1. The standard InChI is InChI=1S/C17H26N2O3/c1-19(2)15(12-7-9-13(22-3)10-8-12)11-18-17(21)14-5-4-6-16(14)20/h7-10,14-16,20H,4-6,11H2,1-3H3,(H,18,21). The Morgan fingerprint density at radius 3 is 2.55 bits per heavy atom. The molecule has 1 amide bonds. The molecule has 3 unspecified atom stereocenters. The number of ether oxygens (including phenoxy) is 1. The molecule has 1 fully saturated rings. The van der Waals surface area contributed by atoms with E-state index in [1.165, 1.54) is 0 Å². The third-order valence-corrected chi connectivity index (χ3v) is 4.41. The fourth-order valence-electron chi connectivity index (χ4n) is 3.00. The summed E-state index contributed by atoms with van der Waals surface area (Å²) in [5.74, 6) is 0.531. The average molecular weight is 306 g/mol. The van der Waals surface area contributed by atoms with Crippen LogP contribution in [0.15, 0.2) is 24.3 Å².